The first-order valence-electron chi connectivity index (χ1n) is 11.3. The molecule has 0 unspecified atom stereocenters. The summed E-state index contributed by atoms with van der Waals surface area (Å²) in [5.74, 6) is -0.408. The maximum atomic E-state index is 11.8. The van der Waals surface area contributed by atoms with Crippen LogP contribution in [0.25, 0.3) is 0 Å². The molecule has 0 aliphatic heterocycles. The molecule has 0 aliphatic carbocycles. The average Bonchev–Trinajstić information content (AvgIpc) is 2.62. The molecule has 0 aromatic heterocycles. The van der Waals surface area contributed by atoms with Gasteiger partial charge in [0.25, 0.3) is 4.52 Å². The quantitative estimate of drug-likeness (QED) is 0.0977. The fourth-order valence-corrected chi connectivity index (χ4v) is 3.84. The fourth-order valence-electron chi connectivity index (χ4n) is 3.20. The van der Waals surface area contributed by atoms with Crippen LogP contribution in [0.15, 0.2) is 0 Å². The van der Waals surface area contributed by atoms with Crippen LogP contribution < -0.4 is 0 Å². The van der Waals surface area contributed by atoms with Crippen molar-refractivity contribution in [2.45, 2.75) is 131 Å². The third-order valence-electron chi connectivity index (χ3n) is 4.95. The van der Waals surface area contributed by atoms with Gasteiger partial charge >= 0.3 is 5.97 Å². The molecular formula is C22H39Cl5O2. The zero-order valence-corrected chi connectivity index (χ0v) is 21.7. The second-order valence-corrected chi connectivity index (χ2v) is 11.9. The monoisotopic (exact) mass is 510 g/mol. The molecule has 0 heterocycles. The number of ether oxygens (including phenoxy) is 1. The largest absolute Gasteiger partial charge is 0.429 e. The minimum Gasteiger partial charge on any atom is -0.429 e. The van der Waals surface area contributed by atoms with E-state index < -0.39 is 14.3 Å². The smallest absolute Gasteiger partial charge is 0.308 e. The summed E-state index contributed by atoms with van der Waals surface area (Å²) < 4.78 is 1.96. The third-order valence-corrected chi connectivity index (χ3v) is 6.05. The normalized spacial score (nSPS) is 12.3. The number of hydrogen-bond donors (Lipinski definition) is 0. The van der Waals surface area contributed by atoms with Crippen molar-refractivity contribution in [3.05, 3.63) is 0 Å². The van der Waals surface area contributed by atoms with Gasteiger partial charge in [-0.3, -0.25) is 4.79 Å². The SMILES string of the molecule is CCCCCCCCCCCCCCCCCC(=O)OC(Cl)(Cl)CCC(Cl)(Cl)Cl. The van der Waals surface area contributed by atoms with Gasteiger partial charge in [-0.25, -0.2) is 0 Å². The molecular weight excluding hydrogens is 474 g/mol. The fraction of sp³-hybridized carbons (Fsp3) is 0.955. The summed E-state index contributed by atoms with van der Waals surface area (Å²) in [6, 6.07) is 0. The Morgan fingerprint density at radius 1 is 0.621 bits per heavy atom. The van der Waals surface area contributed by atoms with Crippen molar-refractivity contribution in [2.24, 2.45) is 0 Å². The van der Waals surface area contributed by atoms with Crippen molar-refractivity contribution in [3.8, 4) is 0 Å². The van der Waals surface area contributed by atoms with Crippen molar-refractivity contribution in [3.63, 3.8) is 0 Å². The van der Waals surface area contributed by atoms with Gasteiger partial charge in [-0.05, 0) is 6.42 Å². The molecule has 174 valence electrons. The standard InChI is InChI=1S/C22H39Cl5O2/c1-2-3-4-5-6-7-8-9-10-11-12-13-14-15-16-17-20(28)29-22(26,27)19-18-21(23,24)25/h2-19H2,1H3. The van der Waals surface area contributed by atoms with E-state index in [0.717, 1.165) is 19.3 Å². The predicted octanol–water partition coefficient (Wildman–Crippen LogP) is 10.1. The van der Waals surface area contributed by atoms with Crippen LogP contribution in [-0.2, 0) is 9.53 Å². The number of rotatable bonds is 19. The molecule has 0 N–H and O–H groups in total. The lowest BCUT2D eigenvalue weighted by molar-refractivity contribution is -0.148. The molecule has 0 rings (SSSR count). The summed E-state index contributed by atoms with van der Waals surface area (Å²) >= 11 is 28.9. The van der Waals surface area contributed by atoms with Crippen LogP contribution in [-0.4, -0.2) is 14.3 Å². The maximum absolute atomic E-state index is 11.8. The van der Waals surface area contributed by atoms with Crippen LogP contribution in [0.2, 0.25) is 0 Å². The Morgan fingerprint density at radius 3 is 1.38 bits per heavy atom. The lowest BCUT2D eigenvalue weighted by Gasteiger charge is -2.22. The van der Waals surface area contributed by atoms with Gasteiger partial charge < -0.3 is 4.74 Å². The first kappa shape index (κ1) is 29.9. The van der Waals surface area contributed by atoms with E-state index >= 15 is 0 Å². The van der Waals surface area contributed by atoms with E-state index in [1.807, 2.05) is 0 Å². The van der Waals surface area contributed by atoms with E-state index in [0.29, 0.717) is 6.42 Å². The zero-order chi connectivity index (χ0) is 22.0. The Kier molecular flexibility index (Phi) is 19.1. The summed E-state index contributed by atoms with van der Waals surface area (Å²) in [6.07, 6.45) is 19.7. The van der Waals surface area contributed by atoms with Crippen LogP contribution in [0.3, 0.4) is 0 Å². The van der Waals surface area contributed by atoms with Gasteiger partial charge in [0, 0.05) is 19.3 Å². The highest BCUT2D eigenvalue weighted by Crippen LogP contribution is 2.38. The molecule has 0 aliphatic rings. The Balaban J connectivity index is 3.42. The highest BCUT2D eigenvalue weighted by Gasteiger charge is 2.32. The molecule has 2 nitrogen and oxygen atoms in total. The van der Waals surface area contributed by atoms with Crippen molar-refractivity contribution in [2.75, 3.05) is 0 Å². The third kappa shape index (κ3) is 23.4. The van der Waals surface area contributed by atoms with Gasteiger partial charge in [0.1, 0.15) is 0 Å². The molecule has 0 fully saturated rings. The summed E-state index contributed by atoms with van der Waals surface area (Å²) in [4.78, 5) is 11.8. The van der Waals surface area contributed by atoms with Crippen molar-refractivity contribution < 1.29 is 9.53 Å². The van der Waals surface area contributed by atoms with Gasteiger partial charge in [-0.1, -0.05) is 155 Å². The Hall–Kier alpha value is 0.920. The molecule has 0 saturated heterocycles. The molecule has 0 aromatic carbocycles. The van der Waals surface area contributed by atoms with E-state index in [9.17, 15) is 4.79 Å². The topological polar surface area (TPSA) is 26.3 Å². The molecule has 0 spiro atoms. The molecule has 29 heavy (non-hydrogen) atoms. The van der Waals surface area contributed by atoms with Crippen LogP contribution >= 0.6 is 58.0 Å². The number of halogens is 5. The lowest BCUT2D eigenvalue weighted by atomic mass is 10.0. The highest BCUT2D eigenvalue weighted by molar-refractivity contribution is 6.67. The van der Waals surface area contributed by atoms with Crippen LogP contribution in [0.4, 0.5) is 0 Å². The maximum Gasteiger partial charge on any atom is 0.308 e. The van der Waals surface area contributed by atoms with Crippen molar-refractivity contribution >= 4 is 64.0 Å². The number of carbonyl (C=O) groups is 1. The van der Waals surface area contributed by atoms with Crippen molar-refractivity contribution in [1.29, 1.82) is 0 Å². The van der Waals surface area contributed by atoms with Gasteiger partial charge in [0.05, 0.1) is 0 Å². The van der Waals surface area contributed by atoms with Crippen LogP contribution in [0.1, 0.15) is 122 Å². The molecule has 7 heteroatoms. The Bertz CT molecular complexity index is 397. The van der Waals surface area contributed by atoms with E-state index in [1.165, 1.54) is 77.0 Å². The molecule has 0 amide bonds. The number of carbonyl (C=O) groups excluding carboxylic acids is 1. The van der Waals surface area contributed by atoms with Crippen LogP contribution in [0, 0.1) is 0 Å². The minimum atomic E-state index is -1.64. The summed E-state index contributed by atoms with van der Waals surface area (Å²) in [5, 5.41) is 0. The molecule has 0 aromatic rings. The highest BCUT2D eigenvalue weighted by atomic mass is 35.6. The van der Waals surface area contributed by atoms with E-state index in [2.05, 4.69) is 6.92 Å². The second kappa shape index (κ2) is 18.5. The van der Waals surface area contributed by atoms with E-state index in [4.69, 9.17) is 62.7 Å². The minimum absolute atomic E-state index is 0.0667. The summed E-state index contributed by atoms with van der Waals surface area (Å²) in [7, 11) is 0. The van der Waals surface area contributed by atoms with E-state index in [1.54, 1.807) is 0 Å². The first-order chi connectivity index (χ1) is 13.7. The van der Waals surface area contributed by atoms with E-state index in [-0.39, 0.29) is 12.8 Å². The van der Waals surface area contributed by atoms with Crippen LogP contribution in [0.5, 0.6) is 0 Å². The number of unbranched alkanes of at least 4 members (excludes halogenated alkanes) is 14. The lowest BCUT2D eigenvalue weighted by Crippen LogP contribution is -2.24. The molecule has 0 radical (unpaired) electrons. The zero-order valence-electron chi connectivity index (χ0n) is 17.9. The Labute approximate surface area is 203 Å². The first-order valence-corrected chi connectivity index (χ1v) is 13.2. The van der Waals surface area contributed by atoms with Gasteiger partial charge in [0.2, 0.25) is 0 Å². The number of esters is 1. The predicted molar refractivity (Wildman–Crippen MR) is 130 cm³/mol. The second-order valence-electron chi connectivity index (χ2n) is 7.93. The summed E-state index contributed by atoms with van der Waals surface area (Å²) in [5.41, 5.74) is 0. The number of hydrogen-bond acceptors (Lipinski definition) is 2. The van der Waals surface area contributed by atoms with Gasteiger partial charge in [-0.15, -0.1) is 0 Å². The molecule has 0 bridgehead atoms. The Morgan fingerprint density at radius 2 is 1.00 bits per heavy atom. The average molecular weight is 513 g/mol. The van der Waals surface area contributed by atoms with Gasteiger partial charge in [0.15, 0.2) is 3.79 Å². The molecule has 0 atom stereocenters. The molecule has 0 saturated carbocycles. The van der Waals surface area contributed by atoms with Crippen molar-refractivity contribution in [1.82, 2.24) is 0 Å². The van der Waals surface area contributed by atoms with Gasteiger partial charge in [-0.2, -0.15) is 0 Å². The number of alkyl halides is 5. The summed E-state index contributed by atoms with van der Waals surface area (Å²) in [6.45, 7) is 2.26.